The Morgan fingerprint density at radius 1 is 1.33 bits per heavy atom. The van der Waals surface area contributed by atoms with Crippen LogP contribution in [0.3, 0.4) is 0 Å². The van der Waals surface area contributed by atoms with Gasteiger partial charge in [0.1, 0.15) is 6.04 Å². The Balaban J connectivity index is 1.50. The first kappa shape index (κ1) is 16.7. The number of oxazole rings is 1. The van der Waals surface area contributed by atoms with Gasteiger partial charge in [0.05, 0.1) is 6.20 Å². The van der Waals surface area contributed by atoms with E-state index in [-0.39, 0.29) is 11.9 Å². The molecule has 0 saturated carbocycles. The molecule has 1 atom stereocenters. The van der Waals surface area contributed by atoms with Crippen molar-refractivity contribution in [3.05, 3.63) is 42.4 Å². The summed E-state index contributed by atoms with van der Waals surface area (Å²) in [7, 11) is 0. The van der Waals surface area contributed by atoms with Gasteiger partial charge in [-0.1, -0.05) is 30.3 Å². The Kier molecular flexibility index (Phi) is 5.64. The normalized spacial score (nSPS) is 16.7. The number of hydrogen-bond acceptors (Lipinski definition) is 4. The van der Waals surface area contributed by atoms with Crippen molar-refractivity contribution in [1.82, 2.24) is 15.6 Å². The predicted molar refractivity (Wildman–Crippen MR) is 93.3 cm³/mol. The van der Waals surface area contributed by atoms with Crippen LogP contribution < -0.4 is 10.6 Å². The average Bonchev–Trinajstić information content (AvgIpc) is 3.12. The van der Waals surface area contributed by atoms with Crippen LogP contribution in [0.5, 0.6) is 0 Å². The van der Waals surface area contributed by atoms with Crippen molar-refractivity contribution in [3.8, 4) is 11.3 Å². The van der Waals surface area contributed by atoms with Crippen molar-refractivity contribution >= 4 is 5.91 Å². The molecule has 1 saturated heterocycles. The summed E-state index contributed by atoms with van der Waals surface area (Å²) in [5.74, 6) is 2.00. The van der Waals surface area contributed by atoms with Gasteiger partial charge in [-0.2, -0.15) is 0 Å². The molecule has 2 heterocycles. The van der Waals surface area contributed by atoms with Crippen molar-refractivity contribution in [3.63, 3.8) is 0 Å². The van der Waals surface area contributed by atoms with Crippen molar-refractivity contribution in [2.45, 2.75) is 38.6 Å². The third-order valence-electron chi connectivity index (χ3n) is 4.57. The van der Waals surface area contributed by atoms with Crippen LogP contribution in [0.1, 0.15) is 44.5 Å². The maximum absolute atomic E-state index is 12.2. The highest BCUT2D eigenvalue weighted by atomic mass is 16.4. The minimum absolute atomic E-state index is 0.0699. The molecule has 3 rings (SSSR count). The van der Waals surface area contributed by atoms with Gasteiger partial charge in [-0.3, -0.25) is 4.79 Å². The molecule has 2 aromatic rings. The van der Waals surface area contributed by atoms with Crippen LogP contribution >= 0.6 is 0 Å². The molecule has 24 heavy (non-hydrogen) atoms. The van der Waals surface area contributed by atoms with Gasteiger partial charge in [-0.05, 0) is 45.2 Å². The van der Waals surface area contributed by atoms with E-state index in [2.05, 4.69) is 15.6 Å². The molecule has 5 heteroatoms. The smallest absolute Gasteiger partial charge is 0.220 e. The van der Waals surface area contributed by atoms with E-state index in [1.165, 1.54) is 12.8 Å². The van der Waals surface area contributed by atoms with Gasteiger partial charge in [-0.25, -0.2) is 4.98 Å². The summed E-state index contributed by atoms with van der Waals surface area (Å²) in [6.45, 7) is 4.05. The minimum atomic E-state index is -0.219. The van der Waals surface area contributed by atoms with E-state index in [4.69, 9.17) is 4.42 Å². The molecule has 1 aromatic heterocycles. The van der Waals surface area contributed by atoms with Crippen molar-refractivity contribution in [1.29, 1.82) is 0 Å². The quantitative estimate of drug-likeness (QED) is 0.854. The van der Waals surface area contributed by atoms with Crippen LogP contribution in [-0.4, -0.2) is 24.0 Å². The standard InChI is InChI=1S/C19H25N3O2/c1-14(22-18(23)8-7-15-9-11-20-12-10-15)19-21-13-17(24-19)16-5-3-2-4-6-16/h2-6,13-15,20H,7-12H2,1H3,(H,22,23). The Bertz CT molecular complexity index is 648. The second kappa shape index (κ2) is 8.11. The maximum atomic E-state index is 12.2. The molecule has 1 aliphatic rings. The Morgan fingerprint density at radius 2 is 2.08 bits per heavy atom. The highest BCUT2D eigenvalue weighted by molar-refractivity contribution is 5.76. The third kappa shape index (κ3) is 4.45. The molecule has 1 amide bonds. The second-order valence-corrected chi connectivity index (χ2v) is 6.45. The number of aromatic nitrogens is 1. The molecule has 2 N–H and O–H groups in total. The van der Waals surface area contributed by atoms with Crippen LogP contribution in [-0.2, 0) is 4.79 Å². The molecule has 5 nitrogen and oxygen atoms in total. The lowest BCUT2D eigenvalue weighted by atomic mass is 9.93. The summed E-state index contributed by atoms with van der Waals surface area (Å²) in [5, 5.41) is 6.34. The number of hydrogen-bond donors (Lipinski definition) is 2. The first-order valence-electron chi connectivity index (χ1n) is 8.73. The molecule has 0 bridgehead atoms. The van der Waals surface area contributed by atoms with Crippen LogP contribution in [0.25, 0.3) is 11.3 Å². The third-order valence-corrected chi connectivity index (χ3v) is 4.57. The number of benzene rings is 1. The van der Waals surface area contributed by atoms with Gasteiger partial charge in [0.25, 0.3) is 0 Å². The largest absolute Gasteiger partial charge is 0.438 e. The van der Waals surface area contributed by atoms with E-state index in [9.17, 15) is 4.79 Å². The van der Waals surface area contributed by atoms with E-state index in [0.717, 1.165) is 30.8 Å². The minimum Gasteiger partial charge on any atom is -0.438 e. The van der Waals surface area contributed by atoms with Gasteiger partial charge in [0, 0.05) is 12.0 Å². The van der Waals surface area contributed by atoms with Crippen LogP contribution in [0.4, 0.5) is 0 Å². The van der Waals surface area contributed by atoms with E-state index in [1.54, 1.807) is 6.20 Å². The first-order chi connectivity index (χ1) is 11.7. The topological polar surface area (TPSA) is 67.2 Å². The van der Waals surface area contributed by atoms with Gasteiger partial charge in [-0.15, -0.1) is 0 Å². The lowest BCUT2D eigenvalue weighted by molar-refractivity contribution is -0.122. The second-order valence-electron chi connectivity index (χ2n) is 6.45. The molecule has 1 aliphatic heterocycles. The zero-order chi connectivity index (χ0) is 16.8. The molecule has 1 unspecified atom stereocenters. The summed E-state index contributed by atoms with van der Waals surface area (Å²) in [5.41, 5.74) is 0.987. The summed E-state index contributed by atoms with van der Waals surface area (Å²) < 4.78 is 5.79. The number of rotatable bonds is 6. The van der Waals surface area contributed by atoms with Crippen molar-refractivity contribution in [2.24, 2.45) is 5.92 Å². The Morgan fingerprint density at radius 3 is 2.83 bits per heavy atom. The highest BCUT2D eigenvalue weighted by Gasteiger charge is 2.18. The number of piperidine rings is 1. The Labute approximate surface area is 142 Å². The van der Waals surface area contributed by atoms with E-state index >= 15 is 0 Å². The summed E-state index contributed by atoms with van der Waals surface area (Å²) in [6, 6.07) is 9.63. The molecule has 0 radical (unpaired) electrons. The fourth-order valence-corrected chi connectivity index (χ4v) is 3.10. The van der Waals surface area contributed by atoms with E-state index in [1.807, 2.05) is 37.3 Å². The maximum Gasteiger partial charge on any atom is 0.220 e. The molecule has 0 spiro atoms. The molecular formula is C19H25N3O2. The van der Waals surface area contributed by atoms with Gasteiger partial charge < -0.3 is 15.1 Å². The van der Waals surface area contributed by atoms with Crippen LogP contribution in [0.15, 0.2) is 40.9 Å². The average molecular weight is 327 g/mol. The highest BCUT2D eigenvalue weighted by Crippen LogP contribution is 2.23. The van der Waals surface area contributed by atoms with Crippen molar-refractivity contribution in [2.75, 3.05) is 13.1 Å². The van der Waals surface area contributed by atoms with Crippen LogP contribution in [0.2, 0.25) is 0 Å². The van der Waals surface area contributed by atoms with Gasteiger partial charge >= 0.3 is 0 Å². The Hall–Kier alpha value is -2.14. The number of amides is 1. The zero-order valence-electron chi connectivity index (χ0n) is 14.1. The lowest BCUT2D eigenvalue weighted by Crippen LogP contribution is -2.30. The van der Waals surface area contributed by atoms with Gasteiger partial charge in [0.2, 0.25) is 11.8 Å². The number of nitrogens with one attached hydrogen (secondary N) is 2. The molecule has 1 fully saturated rings. The number of carbonyl (C=O) groups excluding carboxylic acids is 1. The summed E-state index contributed by atoms with van der Waals surface area (Å²) in [4.78, 5) is 16.5. The zero-order valence-corrected chi connectivity index (χ0v) is 14.1. The first-order valence-corrected chi connectivity index (χ1v) is 8.73. The number of nitrogens with zero attached hydrogens (tertiary/aromatic N) is 1. The fraction of sp³-hybridized carbons (Fsp3) is 0.474. The fourth-order valence-electron chi connectivity index (χ4n) is 3.10. The van der Waals surface area contributed by atoms with E-state index in [0.29, 0.717) is 18.2 Å². The van der Waals surface area contributed by atoms with E-state index < -0.39 is 0 Å². The molecule has 128 valence electrons. The van der Waals surface area contributed by atoms with Crippen LogP contribution in [0, 0.1) is 5.92 Å². The molecular weight excluding hydrogens is 302 g/mol. The lowest BCUT2D eigenvalue weighted by Gasteiger charge is -2.22. The SMILES string of the molecule is CC(NC(=O)CCC1CCNCC1)c1ncc(-c2ccccc2)o1. The number of carbonyl (C=O) groups is 1. The van der Waals surface area contributed by atoms with Crippen molar-refractivity contribution < 1.29 is 9.21 Å². The summed E-state index contributed by atoms with van der Waals surface area (Å²) in [6.07, 6.45) is 5.58. The molecule has 0 aliphatic carbocycles. The van der Waals surface area contributed by atoms with Gasteiger partial charge in [0.15, 0.2) is 5.76 Å². The molecule has 1 aromatic carbocycles. The monoisotopic (exact) mass is 327 g/mol. The summed E-state index contributed by atoms with van der Waals surface area (Å²) >= 11 is 0. The predicted octanol–water partition coefficient (Wildman–Crippen LogP) is 3.30.